The third-order valence-electron chi connectivity index (χ3n) is 4.88. The Morgan fingerprint density at radius 2 is 2.16 bits per heavy atom. The smallest absolute Gasteiger partial charge is 0.174 e. The molecule has 2 fully saturated rings. The molecule has 0 radical (unpaired) electrons. The number of hydrogen-bond acceptors (Lipinski definition) is 2. The average Bonchev–Trinajstić information content (AvgIpc) is 2.34. The van der Waals surface area contributed by atoms with Crippen LogP contribution in [0.1, 0.15) is 47.0 Å². The van der Waals surface area contributed by atoms with Crippen molar-refractivity contribution in [3.05, 3.63) is 12.7 Å². The average molecular weight is 261 g/mol. The number of ether oxygens (including phenoxy) is 1. The van der Waals surface area contributed by atoms with Crippen LogP contribution in [0.15, 0.2) is 12.7 Å². The highest BCUT2D eigenvalue weighted by Crippen LogP contribution is 2.44. The molecule has 4 atom stereocenters. The van der Waals surface area contributed by atoms with Gasteiger partial charge in [0.15, 0.2) is 6.23 Å². The van der Waals surface area contributed by atoms with Crippen LogP contribution in [-0.2, 0) is 4.74 Å². The predicted octanol–water partition coefficient (Wildman–Crippen LogP) is 3.44. The largest absolute Gasteiger partial charge is 0.348 e. The number of hydrogen-bond donors (Lipinski definition) is 0. The molecule has 0 unspecified atom stereocenters. The molecule has 0 amide bonds. The second kappa shape index (κ2) is 5.69. The summed E-state index contributed by atoms with van der Waals surface area (Å²) in [5.41, 5.74) is 0.131. The lowest BCUT2D eigenvalue weighted by Gasteiger charge is -2.56. The first kappa shape index (κ1) is 14.6. The van der Waals surface area contributed by atoms with E-state index in [0.29, 0.717) is 12.0 Å². The summed E-state index contributed by atoms with van der Waals surface area (Å²) in [7, 11) is 0. The molecule has 1 aliphatic carbocycles. The molecule has 0 spiro atoms. The highest BCUT2D eigenvalue weighted by Gasteiger charge is 2.49. The minimum Gasteiger partial charge on any atom is -0.348 e. The molecule has 1 aliphatic heterocycles. The quantitative estimate of drug-likeness (QED) is 0.558. The molecular weight excluding hydrogens is 234 g/mol. The number of fused-ring (bicyclic) bond motifs is 1. The Bertz CT molecular complexity index is 390. The van der Waals surface area contributed by atoms with Gasteiger partial charge in [-0.3, -0.25) is 4.90 Å². The van der Waals surface area contributed by atoms with Crippen molar-refractivity contribution in [2.45, 2.75) is 64.8 Å². The highest BCUT2D eigenvalue weighted by molar-refractivity contribution is 5.11. The van der Waals surface area contributed by atoms with Gasteiger partial charge in [-0.1, -0.05) is 25.3 Å². The summed E-state index contributed by atoms with van der Waals surface area (Å²) in [4.78, 5) is 2.37. The van der Waals surface area contributed by atoms with Gasteiger partial charge in [0.05, 0.1) is 6.10 Å². The van der Waals surface area contributed by atoms with Gasteiger partial charge in [-0.05, 0) is 39.5 Å². The molecule has 2 heteroatoms. The summed E-state index contributed by atoms with van der Waals surface area (Å²) in [5, 5.41) is 0. The summed E-state index contributed by atoms with van der Waals surface area (Å²) >= 11 is 0. The SMILES string of the molecule is C=CCN1[C@H](C#CC)O[C@@H]2C[C@H](C)CC[C@H]2C1(C)C. The van der Waals surface area contributed by atoms with Crippen molar-refractivity contribution in [3.8, 4) is 11.8 Å². The molecule has 1 saturated heterocycles. The minimum absolute atomic E-state index is 0.0791. The third-order valence-corrected chi connectivity index (χ3v) is 4.88. The summed E-state index contributed by atoms with van der Waals surface area (Å²) < 4.78 is 6.31. The normalized spacial score (nSPS) is 37.9. The van der Waals surface area contributed by atoms with Gasteiger partial charge in [-0.2, -0.15) is 0 Å². The van der Waals surface area contributed by atoms with Crippen LogP contribution in [0.25, 0.3) is 0 Å². The van der Waals surface area contributed by atoms with Crippen molar-refractivity contribution in [2.75, 3.05) is 6.54 Å². The van der Waals surface area contributed by atoms with Crippen LogP contribution in [-0.4, -0.2) is 29.3 Å². The zero-order valence-corrected chi connectivity index (χ0v) is 12.8. The van der Waals surface area contributed by atoms with E-state index in [0.717, 1.165) is 12.5 Å². The molecule has 0 aromatic rings. The third kappa shape index (κ3) is 2.73. The Kier molecular flexibility index (Phi) is 4.38. The second-order valence-corrected chi connectivity index (χ2v) is 6.54. The van der Waals surface area contributed by atoms with Crippen molar-refractivity contribution in [3.63, 3.8) is 0 Å². The van der Waals surface area contributed by atoms with Gasteiger partial charge < -0.3 is 4.74 Å². The molecule has 0 aromatic heterocycles. The fourth-order valence-electron chi connectivity index (χ4n) is 3.75. The van der Waals surface area contributed by atoms with E-state index >= 15 is 0 Å². The van der Waals surface area contributed by atoms with E-state index in [1.807, 2.05) is 13.0 Å². The molecule has 1 heterocycles. The van der Waals surface area contributed by atoms with E-state index in [2.05, 4.69) is 44.1 Å². The molecule has 2 aliphatic rings. The predicted molar refractivity (Wildman–Crippen MR) is 79.6 cm³/mol. The lowest BCUT2D eigenvalue weighted by Crippen LogP contribution is -2.64. The maximum absolute atomic E-state index is 6.31. The van der Waals surface area contributed by atoms with Crippen LogP contribution < -0.4 is 0 Å². The topological polar surface area (TPSA) is 12.5 Å². The summed E-state index contributed by atoms with van der Waals surface area (Å²) in [6.45, 7) is 13.6. The van der Waals surface area contributed by atoms with Crippen LogP contribution in [0.5, 0.6) is 0 Å². The van der Waals surface area contributed by atoms with E-state index in [1.54, 1.807) is 0 Å². The van der Waals surface area contributed by atoms with Gasteiger partial charge in [-0.25, -0.2) is 0 Å². The maximum atomic E-state index is 6.31. The Balaban J connectivity index is 2.28. The van der Waals surface area contributed by atoms with E-state index in [9.17, 15) is 0 Å². The molecular formula is C17H27NO. The van der Waals surface area contributed by atoms with Gasteiger partial charge in [0.25, 0.3) is 0 Å². The summed E-state index contributed by atoms with van der Waals surface area (Å²) in [6.07, 6.45) is 6.01. The molecule has 106 valence electrons. The minimum atomic E-state index is -0.0791. The van der Waals surface area contributed by atoms with Gasteiger partial charge >= 0.3 is 0 Å². The Morgan fingerprint density at radius 3 is 2.79 bits per heavy atom. The van der Waals surface area contributed by atoms with Crippen molar-refractivity contribution in [1.82, 2.24) is 4.90 Å². The summed E-state index contributed by atoms with van der Waals surface area (Å²) in [6, 6.07) is 0. The molecule has 0 aromatic carbocycles. The molecule has 2 rings (SSSR count). The van der Waals surface area contributed by atoms with Crippen LogP contribution in [0, 0.1) is 23.7 Å². The van der Waals surface area contributed by atoms with E-state index < -0.39 is 0 Å². The lowest BCUT2D eigenvalue weighted by molar-refractivity contribution is -0.208. The van der Waals surface area contributed by atoms with Crippen LogP contribution in [0.2, 0.25) is 0 Å². The van der Waals surface area contributed by atoms with Crippen LogP contribution in [0.4, 0.5) is 0 Å². The van der Waals surface area contributed by atoms with Crippen LogP contribution in [0.3, 0.4) is 0 Å². The Hall–Kier alpha value is -0.780. The fourth-order valence-corrected chi connectivity index (χ4v) is 3.75. The highest BCUT2D eigenvalue weighted by atomic mass is 16.5. The lowest BCUT2D eigenvalue weighted by atomic mass is 9.70. The molecule has 0 bridgehead atoms. The monoisotopic (exact) mass is 261 g/mol. The first-order chi connectivity index (χ1) is 9.00. The first-order valence-electron chi connectivity index (χ1n) is 7.46. The van der Waals surface area contributed by atoms with Crippen molar-refractivity contribution >= 4 is 0 Å². The Morgan fingerprint density at radius 1 is 1.42 bits per heavy atom. The van der Waals surface area contributed by atoms with E-state index in [1.165, 1.54) is 19.3 Å². The number of nitrogens with zero attached hydrogens (tertiary/aromatic N) is 1. The van der Waals surface area contributed by atoms with Gasteiger partial charge in [0, 0.05) is 18.0 Å². The zero-order valence-electron chi connectivity index (χ0n) is 12.8. The van der Waals surface area contributed by atoms with Gasteiger partial charge in [0.1, 0.15) is 0 Å². The van der Waals surface area contributed by atoms with Crippen molar-refractivity contribution in [2.24, 2.45) is 11.8 Å². The van der Waals surface area contributed by atoms with Crippen molar-refractivity contribution in [1.29, 1.82) is 0 Å². The van der Waals surface area contributed by atoms with Crippen LogP contribution >= 0.6 is 0 Å². The standard InChI is InChI=1S/C17H27NO/c1-6-8-16-18(11-7-2)17(4,5)14-10-9-13(3)12-15(14)19-16/h7,13-16H,2,9-12H2,1,3-5H3/t13-,14-,15-,16+/m1/s1. The van der Waals surface area contributed by atoms with E-state index in [-0.39, 0.29) is 11.8 Å². The molecule has 0 N–H and O–H groups in total. The molecule has 1 saturated carbocycles. The Labute approximate surface area is 118 Å². The zero-order chi connectivity index (χ0) is 14.0. The van der Waals surface area contributed by atoms with Gasteiger partial charge in [-0.15, -0.1) is 12.5 Å². The fraction of sp³-hybridized carbons (Fsp3) is 0.765. The van der Waals surface area contributed by atoms with Gasteiger partial charge in [0.2, 0.25) is 0 Å². The molecule has 2 nitrogen and oxygen atoms in total. The molecule has 19 heavy (non-hydrogen) atoms. The summed E-state index contributed by atoms with van der Waals surface area (Å²) in [5.74, 6) is 7.63. The first-order valence-corrected chi connectivity index (χ1v) is 7.46. The maximum Gasteiger partial charge on any atom is 0.174 e. The van der Waals surface area contributed by atoms with Crippen molar-refractivity contribution < 1.29 is 4.74 Å². The number of rotatable bonds is 2. The van der Waals surface area contributed by atoms with E-state index in [4.69, 9.17) is 4.74 Å². The second-order valence-electron chi connectivity index (χ2n) is 6.54.